The van der Waals surface area contributed by atoms with Crippen LogP contribution in [0.5, 0.6) is 11.5 Å². The lowest BCUT2D eigenvalue weighted by atomic mass is 10.1. The van der Waals surface area contributed by atoms with Crippen molar-refractivity contribution in [3.63, 3.8) is 0 Å². The normalized spacial score (nSPS) is 10.9. The van der Waals surface area contributed by atoms with Crippen molar-refractivity contribution in [2.45, 2.75) is 13.5 Å². The Bertz CT molecular complexity index is 1220. The van der Waals surface area contributed by atoms with Gasteiger partial charge in [-0.3, -0.25) is 4.79 Å². The van der Waals surface area contributed by atoms with E-state index in [0.29, 0.717) is 34.9 Å². The van der Waals surface area contributed by atoms with E-state index >= 15 is 0 Å². The van der Waals surface area contributed by atoms with E-state index in [9.17, 15) is 14.4 Å². The third-order valence-corrected chi connectivity index (χ3v) is 5.71. The number of hydrogen-bond acceptors (Lipinski definition) is 4. The van der Waals surface area contributed by atoms with Crippen molar-refractivity contribution in [3.05, 3.63) is 91.2 Å². The zero-order chi connectivity index (χ0) is 23.8. The number of nitriles is 1. The highest BCUT2D eigenvalue weighted by molar-refractivity contribution is 14.1. The van der Waals surface area contributed by atoms with Gasteiger partial charge >= 0.3 is 0 Å². The van der Waals surface area contributed by atoms with E-state index in [2.05, 4.69) is 43.8 Å². The van der Waals surface area contributed by atoms with Gasteiger partial charge in [0.25, 0.3) is 5.91 Å². The van der Waals surface area contributed by atoms with E-state index in [-0.39, 0.29) is 18.0 Å². The predicted octanol–water partition coefficient (Wildman–Crippen LogP) is 6.72. The van der Waals surface area contributed by atoms with Crippen molar-refractivity contribution in [1.82, 2.24) is 0 Å². The van der Waals surface area contributed by atoms with Gasteiger partial charge in [0.05, 0.1) is 10.2 Å². The van der Waals surface area contributed by atoms with E-state index in [1.807, 2.05) is 13.0 Å². The lowest BCUT2D eigenvalue weighted by molar-refractivity contribution is -0.112. The molecule has 0 saturated heterocycles. The van der Waals surface area contributed by atoms with Crippen LogP contribution in [0.2, 0.25) is 0 Å². The number of carbonyl (C=O) groups excluding carboxylic acids is 1. The van der Waals surface area contributed by atoms with Gasteiger partial charge in [0.15, 0.2) is 11.5 Å². The van der Waals surface area contributed by atoms with Crippen LogP contribution >= 0.6 is 38.5 Å². The molecule has 0 radical (unpaired) electrons. The number of carbonyl (C=O) groups is 1. The molecule has 0 aromatic heterocycles. The van der Waals surface area contributed by atoms with Gasteiger partial charge in [-0.15, -0.1) is 0 Å². The number of nitrogens with one attached hydrogen (secondary N) is 1. The minimum atomic E-state index is -0.515. The third-order valence-electron chi connectivity index (χ3n) is 4.38. The minimum absolute atomic E-state index is 0.0513. The second kappa shape index (κ2) is 11.8. The summed E-state index contributed by atoms with van der Waals surface area (Å²) >= 11 is 5.44. The van der Waals surface area contributed by atoms with E-state index < -0.39 is 5.91 Å². The Labute approximate surface area is 213 Å². The van der Waals surface area contributed by atoms with Crippen LogP contribution < -0.4 is 14.8 Å². The Hall–Kier alpha value is -2.90. The number of hydrogen-bond donors (Lipinski definition) is 1. The second-order valence-electron chi connectivity index (χ2n) is 6.81. The Morgan fingerprint density at radius 2 is 1.94 bits per heavy atom. The van der Waals surface area contributed by atoms with Gasteiger partial charge in [-0.1, -0.05) is 28.1 Å². The average Bonchev–Trinajstić information content (AvgIpc) is 2.78. The van der Waals surface area contributed by atoms with Crippen molar-refractivity contribution in [1.29, 1.82) is 5.26 Å². The molecule has 3 aromatic carbocycles. The van der Waals surface area contributed by atoms with Crippen molar-refractivity contribution >= 4 is 56.2 Å². The summed E-state index contributed by atoms with van der Waals surface area (Å²) in [5.74, 6) is 0.135. The third kappa shape index (κ3) is 7.04. The summed E-state index contributed by atoms with van der Waals surface area (Å²) in [4.78, 5) is 12.6. The fraction of sp³-hybridized carbons (Fsp3) is 0.120. The van der Waals surface area contributed by atoms with E-state index in [0.717, 1.165) is 8.04 Å². The monoisotopic (exact) mass is 620 g/mol. The molecule has 1 amide bonds. The largest absolute Gasteiger partial charge is 0.490 e. The molecule has 0 aliphatic heterocycles. The number of nitrogens with zero attached hydrogens (tertiary/aromatic N) is 1. The fourth-order valence-electron chi connectivity index (χ4n) is 2.90. The highest BCUT2D eigenvalue weighted by atomic mass is 127. The van der Waals surface area contributed by atoms with Gasteiger partial charge < -0.3 is 14.8 Å². The van der Waals surface area contributed by atoms with Crippen molar-refractivity contribution in [3.8, 4) is 17.6 Å². The van der Waals surface area contributed by atoms with Crippen LogP contribution in [0.25, 0.3) is 6.08 Å². The molecule has 8 heteroatoms. The van der Waals surface area contributed by atoms with Gasteiger partial charge in [0.2, 0.25) is 0 Å². The van der Waals surface area contributed by atoms with Crippen molar-refractivity contribution in [2.75, 3.05) is 11.9 Å². The summed E-state index contributed by atoms with van der Waals surface area (Å²) in [6.07, 6.45) is 1.50. The summed E-state index contributed by atoms with van der Waals surface area (Å²) in [5.41, 5.74) is 1.83. The molecule has 0 saturated carbocycles. The van der Waals surface area contributed by atoms with Gasteiger partial charge in [0, 0.05) is 10.2 Å². The molecule has 1 N–H and O–H groups in total. The molecule has 0 bridgehead atoms. The van der Waals surface area contributed by atoms with Crippen LogP contribution in [0, 0.1) is 20.7 Å². The molecule has 168 valence electrons. The number of rotatable bonds is 8. The Morgan fingerprint density at radius 3 is 2.61 bits per heavy atom. The standard InChI is InChI=1S/C25H19BrFIN2O3/c1-2-32-23-13-17(10-18(14-29)25(31)30-21-8-6-19(26)7-9-21)12-22(28)24(23)33-15-16-4-3-5-20(27)11-16/h3-13H,2,15H2,1H3,(H,30,31)/b18-10+. The number of amides is 1. The fourth-order valence-corrected chi connectivity index (χ4v) is 3.95. The Kier molecular flexibility index (Phi) is 8.86. The summed E-state index contributed by atoms with van der Waals surface area (Å²) < 4.78 is 26.7. The molecule has 5 nitrogen and oxygen atoms in total. The highest BCUT2D eigenvalue weighted by Gasteiger charge is 2.15. The lowest BCUT2D eigenvalue weighted by Crippen LogP contribution is -2.13. The predicted molar refractivity (Wildman–Crippen MR) is 137 cm³/mol. The molecule has 0 unspecified atom stereocenters. The van der Waals surface area contributed by atoms with Crippen LogP contribution in [0.1, 0.15) is 18.1 Å². The molecule has 33 heavy (non-hydrogen) atoms. The Balaban J connectivity index is 1.84. The molecule has 0 heterocycles. The molecule has 0 spiro atoms. The second-order valence-corrected chi connectivity index (χ2v) is 8.89. The van der Waals surface area contributed by atoms with Crippen molar-refractivity contribution in [2.24, 2.45) is 0 Å². The zero-order valence-corrected chi connectivity index (χ0v) is 21.3. The van der Waals surface area contributed by atoms with Crippen LogP contribution in [0.3, 0.4) is 0 Å². The lowest BCUT2D eigenvalue weighted by Gasteiger charge is -2.15. The van der Waals surface area contributed by atoms with E-state index in [1.165, 1.54) is 18.2 Å². The topological polar surface area (TPSA) is 71.3 Å². The van der Waals surface area contributed by atoms with Crippen LogP contribution in [0.4, 0.5) is 10.1 Å². The zero-order valence-electron chi connectivity index (χ0n) is 17.6. The average molecular weight is 621 g/mol. The molecule has 0 aliphatic carbocycles. The summed E-state index contributed by atoms with van der Waals surface area (Å²) in [6.45, 7) is 2.41. The molecule has 3 aromatic rings. The maximum absolute atomic E-state index is 13.5. The number of ether oxygens (including phenoxy) is 2. The first-order chi connectivity index (χ1) is 15.9. The first-order valence-electron chi connectivity index (χ1n) is 9.92. The first kappa shape index (κ1) is 24.7. The van der Waals surface area contributed by atoms with Crippen LogP contribution in [-0.4, -0.2) is 12.5 Å². The molecule has 3 rings (SSSR count). The van der Waals surface area contributed by atoms with Gasteiger partial charge in [-0.05, 0) is 95.2 Å². The van der Waals surface area contributed by atoms with Crippen molar-refractivity contribution < 1.29 is 18.7 Å². The van der Waals surface area contributed by atoms with Gasteiger partial charge in [-0.25, -0.2) is 4.39 Å². The number of benzene rings is 3. The smallest absolute Gasteiger partial charge is 0.266 e. The SMILES string of the molecule is CCOc1cc(/C=C(\C#N)C(=O)Nc2ccc(Br)cc2)cc(I)c1OCc1cccc(F)c1. The molecule has 0 aliphatic rings. The number of anilines is 1. The maximum atomic E-state index is 13.5. The van der Waals surface area contributed by atoms with Crippen LogP contribution in [0.15, 0.2) is 70.7 Å². The summed E-state index contributed by atoms with van der Waals surface area (Å²) in [5, 5.41) is 12.2. The van der Waals surface area contributed by atoms with E-state index in [4.69, 9.17) is 9.47 Å². The quantitative estimate of drug-likeness (QED) is 0.172. The molecular formula is C25H19BrFIN2O3. The van der Waals surface area contributed by atoms with Gasteiger partial charge in [-0.2, -0.15) is 5.26 Å². The maximum Gasteiger partial charge on any atom is 0.266 e. The molecule has 0 fully saturated rings. The van der Waals surface area contributed by atoms with Gasteiger partial charge in [0.1, 0.15) is 24.1 Å². The first-order valence-corrected chi connectivity index (χ1v) is 11.8. The minimum Gasteiger partial charge on any atom is -0.490 e. The number of halogens is 3. The summed E-state index contributed by atoms with van der Waals surface area (Å²) in [7, 11) is 0. The van der Waals surface area contributed by atoms with Crippen LogP contribution in [-0.2, 0) is 11.4 Å². The van der Waals surface area contributed by atoms with E-state index in [1.54, 1.807) is 48.5 Å². The molecule has 0 atom stereocenters. The highest BCUT2D eigenvalue weighted by Crippen LogP contribution is 2.35. The molecular weight excluding hydrogens is 602 g/mol. The Morgan fingerprint density at radius 1 is 1.18 bits per heavy atom. The summed E-state index contributed by atoms with van der Waals surface area (Å²) in [6, 6.07) is 18.7.